The molecule has 34 heavy (non-hydrogen) atoms. The molecule has 7 heteroatoms. The predicted molar refractivity (Wildman–Crippen MR) is 127 cm³/mol. The molecule has 1 unspecified atom stereocenters. The number of nitrogens with one attached hydrogen (secondary N) is 1. The molecule has 1 atom stereocenters. The van der Waals surface area contributed by atoms with E-state index in [9.17, 15) is 9.18 Å². The fourth-order valence-corrected chi connectivity index (χ4v) is 4.16. The van der Waals surface area contributed by atoms with Crippen LogP contribution in [0.15, 0.2) is 95.1 Å². The molecule has 5 rings (SSSR count). The molecule has 0 radical (unpaired) electrons. The normalized spacial score (nSPS) is 16.0. The molecule has 0 bridgehead atoms. The minimum absolute atomic E-state index is 0.177. The third-order valence-electron chi connectivity index (χ3n) is 5.95. The molecular weight excluding hydrogens is 431 g/mol. The van der Waals surface area contributed by atoms with Gasteiger partial charge in [0.05, 0.1) is 11.6 Å². The molecule has 0 saturated carbocycles. The van der Waals surface area contributed by atoms with Gasteiger partial charge in [0.2, 0.25) is 5.82 Å². The summed E-state index contributed by atoms with van der Waals surface area (Å²) >= 11 is 0. The third kappa shape index (κ3) is 4.32. The van der Waals surface area contributed by atoms with Gasteiger partial charge in [-0.25, -0.2) is 9.18 Å². The molecule has 1 N–H and O–H groups in total. The summed E-state index contributed by atoms with van der Waals surface area (Å²) in [6, 6.07) is 25.0. The SMILES string of the molecule is CC1=C(c2nc(-c3ccc(F)cc3)no2)C(c2ccccc2)NC(=O)N1CCc1ccccc1. The summed E-state index contributed by atoms with van der Waals surface area (Å²) in [5, 5.41) is 7.22. The topological polar surface area (TPSA) is 71.3 Å². The number of halogens is 1. The van der Waals surface area contributed by atoms with Gasteiger partial charge in [-0.1, -0.05) is 65.8 Å². The number of carbonyl (C=O) groups is 1. The maximum Gasteiger partial charge on any atom is 0.322 e. The minimum atomic E-state index is -0.441. The second-order valence-electron chi connectivity index (χ2n) is 8.11. The van der Waals surface area contributed by atoms with E-state index in [1.807, 2.05) is 67.6 Å². The summed E-state index contributed by atoms with van der Waals surface area (Å²) in [5.74, 6) is 0.337. The van der Waals surface area contributed by atoms with Crippen molar-refractivity contribution in [1.29, 1.82) is 0 Å². The summed E-state index contributed by atoms with van der Waals surface area (Å²) in [7, 11) is 0. The lowest BCUT2D eigenvalue weighted by Gasteiger charge is -2.35. The van der Waals surface area contributed by atoms with Crippen molar-refractivity contribution in [3.8, 4) is 11.4 Å². The zero-order valence-corrected chi connectivity index (χ0v) is 18.6. The average Bonchev–Trinajstić information content (AvgIpc) is 3.35. The van der Waals surface area contributed by atoms with E-state index >= 15 is 0 Å². The van der Waals surface area contributed by atoms with E-state index in [4.69, 9.17) is 4.52 Å². The van der Waals surface area contributed by atoms with E-state index < -0.39 is 6.04 Å². The molecule has 0 saturated heterocycles. The van der Waals surface area contributed by atoms with E-state index in [0.717, 1.165) is 22.4 Å². The van der Waals surface area contributed by atoms with Crippen molar-refractivity contribution in [2.24, 2.45) is 0 Å². The lowest BCUT2D eigenvalue weighted by Crippen LogP contribution is -2.46. The summed E-state index contributed by atoms with van der Waals surface area (Å²) in [6.07, 6.45) is 0.708. The van der Waals surface area contributed by atoms with Crippen molar-refractivity contribution >= 4 is 11.6 Å². The minimum Gasteiger partial charge on any atom is -0.334 e. The first kappa shape index (κ1) is 21.6. The summed E-state index contributed by atoms with van der Waals surface area (Å²) in [4.78, 5) is 19.4. The molecule has 4 aromatic rings. The molecule has 1 aromatic heterocycles. The second kappa shape index (κ2) is 9.31. The van der Waals surface area contributed by atoms with Gasteiger partial charge in [0.15, 0.2) is 0 Å². The number of hydrogen-bond acceptors (Lipinski definition) is 4. The highest BCUT2D eigenvalue weighted by molar-refractivity contribution is 5.86. The first-order chi connectivity index (χ1) is 16.6. The zero-order valence-electron chi connectivity index (χ0n) is 18.6. The molecule has 1 aliphatic rings. The molecule has 0 fully saturated rings. The fourth-order valence-electron chi connectivity index (χ4n) is 4.16. The number of benzene rings is 3. The van der Waals surface area contributed by atoms with Crippen molar-refractivity contribution in [3.63, 3.8) is 0 Å². The second-order valence-corrected chi connectivity index (χ2v) is 8.11. The number of aromatic nitrogens is 2. The Bertz CT molecular complexity index is 1320. The van der Waals surface area contributed by atoms with Crippen molar-refractivity contribution < 1.29 is 13.7 Å². The number of carbonyl (C=O) groups excluding carboxylic acids is 1. The Balaban J connectivity index is 1.53. The zero-order chi connectivity index (χ0) is 23.5. The van der Waals surface area contributed by atoms with Gasteiger partial charge < -0.3 is 9.84 Å². The van der Waals surface area contributed by atoms with Crippen LogP contribution in [0, 0.1) is 5.82 Å². The monoisotopic (exact) mass is 454 g/mol. The van der Waals surface area contributed by atoms with E-state index in [0.29, 0.717) is 30.2 Å². The molecule has 2 amide bonds. The highest BCUT2D eigenvalue weighted by atomic mass is 19.1. The van der Waals surface area contributed by atoms with Crippen LogP contribution in [0.3, 0.4) is 0 Å². The van der Waals surface area contributed by atoms with Crippen LogP contribution < -0.4 is 5.32 Å². The van der Waals surface area contributed by atoms with Crippen molar-refractivity contribution in [2.45, 2.75) is 19.4 Å². The number of nitrogens with zero attached hydrogens (tertiary/aromatic N) is 3. The molecule has 2 heterocycles. The molecule has 1 aliphatic heterocycles. The van der Waals surface area contributed by atoms with E-state index in [1.165, 1.54) is 12.1 Å². The largest absolute Gasteiger partial charge is 0.334 e. The van der Waals surface area contributed by atoms with Gasteiger partial charge in [-0.05, 0) is 48.7 Å². The van der Waals surface area contributed by atoms with Crippen LogP contribution >= 0.6 is 0 Å². The molecule has 170 valence electrons. The Kier molecular flexibility index (Phi) is 5.91. The van der Waals surface area contributed by atoms with Gasteiger partial charge in [0, 0.05) is 17.8 Å². The lowest BCUT2D eigenvalue weighted by atomic mass is 9.94. The first-order valence-electron chi connectivity index (χ1n) is 11.1. The van der Waals surface area contributed by atoms with Gasteiger partial charge in [0.1, 0.15) is 5.82 Å². The Morgan fingerprint density at radius 2 is 1.65 bits per heavy atom. The number of urea groups is 1. The standard InChI is InChI=1S/C27H23FN4O2/c1-18-23(26-30-25(31-34-26)21-12-14-22(28)15-13-21)24(20-10-6-3-7-11-20)29-27(33)32(18)17-16-19-8-4-2-5-9-19/h2-15,24H,16-17H2,1H3,(H,29,33). The van der Waals surface area contributed by atoms with Crippen LogP contribution in [0.2, 0.25) is 0 Å². The number of amides is 2. The third-order valence-corrected chi connectivity index (χ3v) is 5.95. The van der Waals surface area contributed by atoms with E-state index in [1.54, 1.807) is 17.0 Å². The molecular formula is C27H23FN4O2. The van der Waals surface area contributed by atoms with Crippen molar-refractivity contribution in [3.05, 3.63) is 113 Å². The molecule has 3 aromatic carbocycles. The number of rotatable bonds is 6. The number of allylic oxidation sites excluding steroid dienone is 1. The Hall–Kier alpha value is -4.26. The van der Waals surface area contributed by atoms with Crippen LogP contribution in [-0.2, 0) is 6.42 Å². The van der Waals surface area contributed by atoms with Crippen LogP contribution in [0.4, 0.5) is 9.18 Å². The van der Waals surface area contributed by atoms with Crippen molar-refractivity contribution in [1.82, 2.24) is 20.4 Å². The Morgan fingerprint density at radius 3 is 2.35 bits per heavy atom. The Morgan fingerprint density at radius 1 is 0.971 bits per heavy atom. The van der Waals surface area contributed by atoms with Gasteiger partial charge >= 0.3 is 6.03 Å². The smallest absolute Gasteiger partial charge is 0.322 e. The summed E-state index contributed by atoms with van der Waals surface area (Å²) in [5.41, 5.74) is 4.19. The molecule has 6 nitrogen and oxygen atoms in total. The maximum atomic E-state index is 13.3. The average molecular weight is 455 g/mol. The predicted octanol–water partition coefficient (Wildman–Crippen LogP) is 5.62. The van der Waals surface area contributed by atoms with Gasteiger partial charge in [-0.2, -0.15) is 4.98 Å². The van der Waals surface area contributed by atoms with Gasteiger partial charge in [0.25, 0.3) is 5.89 Å². The van der Waals surface area contributed by atoms with E-state index in [-0.39, 0.29) is 11.8 Å². The summed E-state index contributed by atoms with van der Waals surface area (Å²) in [6.45, 7) is 2.41. The van der Waals surface area contributed by atoms with Gasteiger partial charge in [-0.15, -0.1) is 0 Å². The van der Waals surface area contributed by atoms with E-state index in [2.05, 4.69) is 15.5 Å². The first-order valence-corrected chi connectivity index (χ1v) is 11.1. The molecule has 0 aliphatic carbocycles. The quantitative estimate of drug-likeness (QED) is 0.411. The highest BCUT2D eigenvalue weighted by Gasteiger charge is 2.35. The fraction of sp³-hybridized carbons (Fsp3) is 0.148. The van der Waals surface area contributed by atoms with Crippen LogP contribution in [0.1, 0.15) is 30.0 Å². The van der Waals surface area contributed by atoms with Crippen LogP contribution in [0.25, 0.3) is 17.0 Å². The van der Waals surface area contributed by atoms with Crippen molar-refractivity contribution in [2.75, 3.05) is 6.54 Å². The van der Waals surface area contributed by atoms with Crippen LogP contribution in [0.5, 0.6) is 0 Å². The van der Waals surface area contributed by atoms with Gasteiger partial charge in [-0.3, -0.25) is 4.90 Å². The summed E-state index contributed by atoms with van der Waals surface area (Å²) < 4.78 is 19.0. The number of hydrogen-bond donors (Lipinski definition) is 1. The molecule has 0 spiro atoms. The van der Waals surface area contributed by atoms with Crippen LogP contribution in [-0.4, -0.2) is 27.6 Å². The maximum absolute atomic E-state index is 13.3. The Labute approximate surface area is 196 Å². The highest BCUT2D eigenvalue weighted by Crippen LogP contribution is 2.37. The lowest BCUT2D eigenvalue weighted by molar-refractivity contribution is 0.205.